The van der Waals surface area contributed by atoms with Crippen LogP contribution in [0.4, 0.5) is 0 Å². The van der Waals surface area contributed by atoms with Crippen molar-refractivity contribution in [3.63, 3.8) is 0 Å². The van der Waals surface area contributed by atoms with E-state index in [0.717, 1.165) is 37.0 Å². The van der Waals surface area contributed by atoms with Gasteiger partial charge in [0.05, 0.1) is 7.11 Å². The van der Waals surface area contributed by atoms with E-state index in [2.05, 4.69) is 10.6 Å². The van der Waals surface area contributed by atoms with Crippen LogP contribution in [0.2, 0.25) is 0 Å². The lowest BCUT2D eigenvalue weighted by atomic mass is 9.95. The highest BCUT2D eigenvalue weighted by Crippen LogP contribution is 2.17. The fourth-order valence-corrected chi connectivity index (χ4v) is 2.68. The molecule has 1 aromatic rings. The minimum atomic E-state index is -0.246. The Kier molecular flexibility index (Phi) is 6.25. The van der Waals surface area contributed by atoms with E-state index in [0.29, 0.717) is 6.54 Å². The summed E-state index contributed by atoms with van der Waals surface area (Å²) in [6.45, 7) is 0.416. The maximum Gasteiger partial charge on any atom is 0.229 e. The normalized spacial score (nSPS) is 15.1. The lowest BCUT2D eigenvalue weighted by molar-refractivity contribution is -0.129. The molecule has 0 bridgehead atoms. The number of rotatable bonds is 6. The molecule has 0 aliphatic heterocycles. The number of hydrogen-bond acceptors (Lipinski definition) is 3. The smallest absolute Gasteiger partial charge is 0.229 e. The second kappa shape index (κ2) is 8.41. The van der Waals surface area contributed by atoms with Crippen molar-refractivity contribution in [3.05, 3.63) is 29.8 Å². The van der Waals surface area contributed by atoms with Gasteiger partial charge in [-0.1, -0.05) is 31.4 Å². The SMILES string of the molecule is COc1ccc(CNC(=O)CC(=O)NC2CCCCC2)cc1. The van der Waals surface area contributed by atoms with Crippen molar-refractivity contribution in [1.82, 2.24) is 10.6 Å². The minimum absolute atomic E-state index is 0.105. The Balaban J connectivity index is 1.68. The van der Waals surface area contributed by atoms with Crippen LogP contribution in [0.15, 0.2) is 24.3 Å². The zero-order chi connectivity index (χ0) is 15.8. The van der Waals surface area contributed by atoms with Gasteiger partial charge in [0, 0.05) is 12.6 Å². The molecule has 0 spiro atoms. The van der Waals surface area contributed by atoms with Gasteiger partial charge in [-0.2, -0.15) is 0 Å². The maximum absolute atomic E-state index is 11.8. The van der Waals surface area contributed by atoms with E-state index in [9.17, 15) is 9.59 Å². The fraction of sp³-hybridized carbons (Fsp3) is 0.529. The Labute approximate surface area is 131 Å². The number of nitrogens with one attached hydrogen (secondary N) is 2. The van der Waals surface area contributed by atoms with Crippen LogP contribution < -0.4 is 15.4 Å². The summed E-state index contributed by atoms with van der Waals surface area (Å²) >= 11 is 0. The highest BCUT2D eigenvalue weighted by Gasteiger charge is 2.17. The van der Waals surface area contributed by atoms with Crippen LogP contribution in [0.1, 0.15) is 44.1 Å². The van der Waals surface area contributed by atoms with Crippen molar-refractivity contribution in [2.75, 3.05) is 7.11 Å². The highest BCUT2D eigenvalue weighted by atomic mass is 16.5. The van der Waals surface area contributed by atoms with Gasteiger partial charge in [0.25, 0.3) is 0 Å². The predicted octanol–water partition coefficient (Wildman–Crippen LogP) is 2.15. The maximum atomic E-state index is 11.8. The van der Waals surface area contributed by atoms with Crippen molar-refractivity contribution < 1.29 is 14.3 Å². The van der Waals surface area contributed by atoms with E-state index in [1.807, 2.05) is 24.3 Å². The van der Waals surface area contributed by atoms with Gasteiger partial charge in [-0.15, -0.1) is 0 Å². The molecule has 5 heteroatoms. The zero-order valence-electron chi connectivity index (χ0n) is 13.1. The average Bonchev–Trinajstić information content (AvgIpc) is 2.54. The third kappa shape index (κ3) is 5.39. The lowest BCUT2D eigenvalue weighted by Crippen LogP contribution is -2.39. The summed E-state index contributed by atoms with van der Waals surface area (Å²) in [5, 5.41) is 5.71. The van der Waals surface area contributed by atoms with Crippen LogP contribution in [-0.2, 0) is 16.1 Å². The number of methoxy groups -OCH3 is 1. The minimum Gasteiger partial charge on any atom is -0.497 e. The molecule has 22 heavy (non-hydrogen) atoms. The lowest BCUT2D eigenvalue weighted by Gasteiger charge is -2.22. The van der Waals surface area contributed by atoms with Crippen molar-refractivity contribution in [2.24, 2.45) is 0 Å². The molecule has 1 fully saturated rings. The predicted molar refractivity (Wildman–Crippen MR) is 84.5 cm³/mol. The van der Waals surface area contributed by atoms with Crippen molar-refractivity contribution in [3.8, 4) is 5.75 Å². The summed E-state index contributed by atoms with van der Waals surface area (Å²) < 4.78 is 5.08. The first-order valence-corrected chi connectivity index (χ1v) is 7.86. The van der Waals surface area contributed by atoms with Crippen LogP contribution in [0.3, 0.4) is 0 Å². The molecule has 2 rings (SSSR count). The van der Waals surface area contributed by atoms with E-state index in [1.54, 1.807) is 7.11 Å². The number of benzene rings is 1. The van der Waals surface area contributed by atoms with E-state index in [4.69, 9.17) is 4.74 Å². The molecular formula is C17H24N2O3. The Morgan fingerprint density at radius 2 is 1.77 bits per heavy atom. The van der Waals surface area contributed by atoms with Crippen molar-refractivity contribution in [1.29, 1.82) is 0 Å². The molecule has 0 atom stereocenters. The largest absolute Gasteiger partial charge is 0.497 e. The van der Waals surface area contributed by atoms with Gasteiger partial charge >= 0.3 is 0 Å². The molecule has 0 saturated heterocycles. The summed E-state index contributed by atoms with van der Waals surface area (Å²) in [6, 6.07) is 7.72. The molecule has 120 valence electrons. The molecule has 1 aliphatic rings. The molecule has 2 N–H and O–H groups in total. The number of carbonyl (C=O) groups is 2. The van der Waals surface area contributed by atoms with Crippen molar-refractivity contribution in [2.45, 2.75) is 51.1 Å². The van der Waals surface area contributed by atoms with Crippen LogP contribution in [0.5, 0.6) is 5.75 Å². The highest BCUT2D eigenvalue weighted by molar-refractivity contribution is 5.96. The molecule has 0 unspecified atom stereocenters. The summed E-state index contributed by atoms with van der Waals surface area (Å²) in [5.74, 6) is 0.352. The van der Waals surface area contributed by atoms with Crippen molar-refractivity contribution >= 4 is 11.8 Å². The van der Waals surface area contributed by atoms with Gasteiger partial charge in [-0.25, -0.2) is 0 Å². The summed E-state index contributed by atoms with van der Waals surface area (Å²) in [4.78, 5) is 23.6. The second-order valence-corrected chi connectivity index (χ2v) is 5.70. The molecule has 2 amide bonds. The Morgan fingerprint density at radius 3 is 2.41 bits per heavy atom. The molecule has 1 saturated carbocycles. The van der Waals surface area contributed by atoms with E-state index in [1.165, 1.54) is 6.42 Å². The summed E-state index contributed by atoms with van der Waals surface area (Å²) in [6.07, 6.45) is 5.52. The van der Waals surface area contributed by atoms with Crippen LogP contribution >= 0.6 is 0 Å². The number of amides is 2. The van der Waals surface area contributed by atoms with Gasteiger partial charge < -0.3 is 15.4 Å². The van der Waals surface area contributed by atoms with Crippen LogP contribution in [0, 0.1) is 0 Å². The van der Waals surface area contributed by atoms with Gasteiger partial charge in [-0.05, 0) is 30.5 Å². The standard InChI is InChI=1S/C17H24N2O3/c1-22-15-9-7-13(8-10-15)12-18-16(20)11-17(21)19-14-5-3-2-4-6-14/h7-10,14H,2-6,11-12H2,1H3,(H,18,20)(H,19,21). The van der Waals surface area contributed by atoms with Crippen LogP contribution in [0.25, 0.3) is 0 Å². The topological polar surface area (TPSA) is 67.4 Å². The third-order valence-corrected chi connectivity index (χ3v) is 3.94. The zero-order valence-corrected chi connectivity index (χ0v) is 13.1. The first-order valence-electron chi connectivity index (χ1n) is 7.86. The molecular weight excluding hydrogens is 280 g/mol. The number of hydrogen-bond donors (Lipinski definition) is 2. The molecule has 0 heterocycles. The second-order valence-electron chi connectivity index (χ2n) is 5.70. The molecule has 0 radical (unpaired) electrons. The molecule has 1 aromatic carbocycles. The van der Waals surface area contributed by atoms with E-state index < -0.39 is 0 Å². The van der Waals surface area contributed by atoms with E-state index >= 15 is 0 Å². The first kappa shape index (κ1) is 16.3. The van der Waals surface area contributed by atoms with E-state index in [-0.39, 0.29) is 24.3 Å². The first-order chi connectivity index (χ1) is 10.7. The quantitative estimate of drug-likeness (QED) is 0.791. The summed E-state index contributed by atoms with van der Waals surface area (Å²) in [5.41, 5.74) is 0.974. The molecule has 5 nitrogen and oxygen atoms in total. The van der Waals surface area contributed by atoms with Crippen LogP contribution in [-0.4, -0.2) is 25.0 Å². The molecule has 0 aromatic heterocycles. The Hall–Kier alpha value is -2.04. The third-order valence-electron chi connectivity index (χ3n) is 3.94. The van der Waals surface area contributed by atoms with Gasteiger partial charge in [0.15, 0.2) is 0 Å². The van der Waals surface area contributed by atoms with Gasteiger partial charge in [-0.3, -0.25) is 9.59 Å². The van der Waals surface area contributed by atoms with Gasteiger partial charge in [0.2, 0.25) is 11.8 Å². The fourth-order valence-electron chi connectivity index (χ4n) is 2.68. The summed E-state index contributed by atoms with van der Waals surface area (Å²) in [7, 11) is 1.61. The van der Waals surface area contributed by atoms with Gasteiger partial charge in [0.1, 0.15) is 12.2 Å². The number of carbonyl (C=O) groups excluding carboxylic acids is 2. The molecule has 1 aliphatic carbocycles. The number of ether oxygens (including phenoxy) is 1. The average molecular weight is 304 g/mol. The Morgan fingerprint density at radius 1 is 1.09 bits per heavy atom. The Bertz CT molecular complexity index is 493. The monoisotopic (exact) mass is 304 g/mol.